The predicted octanol–water partition coefficient (Wildman–Crippen LogP) is 4.40. The Bertz CT molecular complexity index is 1020. The van der Waals surface area contributed by atoms with Crippen LogP contribution in [0.4, 0.5) is 5.82 Å². The van der Waals surface area contributed by atoms with Gasteiger partial charge in [-0.2, -0.15) is 4.98 Å². The minimum Gasteiger partial charge on any atom is -0.430 e. The Morgan fingerprint density at radius 2 is 1.59 bits per heavy atom. The molecule has 0 radical (unpaired) electrons. The molecule has 0 aliphatic rings. The van der Waals surface area contributed by atoms with E-state index in [9.17, 15) is 0 Å². The van der Waals surface area contributed by atoms with Crippen molar-refractivity contribution in [3.8, 4) is 22.8 Å². The zero-order valence-electron chi connectivity index (χ0n) is 15.1. The zero-order chi connectivity index (χ0) is 18.5. The number of fused-ring (bicyclic) bond motifs is 1. The molecular formula is C21H20N4O2. The average Bonchev–Trinajstić information content (AvgIpc) is 3.17. The summed E-state index contributed by atoms with van der Waals surface area (Å²) in [6.45, 7) is 1.40. The summed E-state index contributed by atoms with van der Waals surface area (Å²) in [5.41, 5.74) is 2.94. The van der Waals surface area contributed by atoms with Gasteiger partial charge in [-0.15, -0.1) is 0 Å². The predicted molar refractivity (Wildman–Crippen MR) is 105 cm³/mol. The minimum absolute atomic E-state index is 0.532. The maximum Gasteiger partial charge on any atom is 0.229 e. The molecule has 6 heteroatoms. The first-order valence-electron chi connectivity index (χ1n) is 8.87. The normalized spacial score (nSPS) is 11.0. The van der Waals surface area contributed by atoms with E-state index in [1.165, 1.54) is 0 Å². The summed E-state index contributed by atoms with van der Waals surface area (Å²) in [7, 11) is 1.69. The molecule has 6 nitrogen and oxygen atoms in total. The van der Waals surface area contributed by atoms with Gasteiger partial charge in [-0.25, -0.2) is 9.97 Å². The van der Waals surface area contributed by atoms with Crippen LogP contribution in [0.5, 0.6) is 0 Å². The Hall–Kier alpha value is -3.25. The van der Waals surface area contributed by atoms with Gasteiger partial charge in [-0.05, 0) is 18.6 Å². The lowest BCUT2D eigenvalue weighted by atomic mass is 10.2. The first-order valence-corrected chi connectivity index (χ1v) is 8.87. The highest BCUT2D eigenvalue weighted by Gasteiger charge is 2.16. The van der Waals surface area contributed by atoms with E-state index >= 15 is 0 Å². The van der Waals surface area contributed by atoms with Crippen LogP contribution in [0.25, 0.3) is 34.1 Å². The van der Waals surface area contributed by atoms with E-state index < -0.39 is 0 Å². The number of rotatable bonds is 7. The number of aromatic nitrogens is 3. The second-order valence-electron chi connectivity index (χ2n) is 6.07. The summed E-state index contributed by atoms with van der Waals surface area (Å²) in [4.78, 5) is 13.9. The third-order valence-electron chi connectivity index (χ3n) is 4.12. The number of benzene rings is 2. The van der Waals surface area contributed by atoms with Crippen LogP contribution in [0.2, 0.25) is 0 Å². The van der Waals surface area contributed by atoms with Gasteiger partial charge in [-0.1, -0.05) is 48.5 Å². The van der Waals surface area contributed by atoms with E-state index in [-0.39, 0.29) is 0 Å². The van der Waals surface area contributed by atoms with Crippen LogP contribution < -0.4 is 5.32 Å². The van der Waals surface area contributed by atoms with Crippen molar-refractivity contribution in [1.29, 1.82) is 0 Å². The summed E-state index contributed by atoms with van der Waals surface area (Å²) in [6.07, 6.45) is 0.863. The minimum atomic E-state index is 0.532. The van der Waals surface area contributed by atoms with Crippen molar-refractivity contribution >= 4 is 17.0 Å². The van der Waals surface area contributed by atoms with E-state index in [1.807, 2.05) is 60.7 Å². The van der Waals surface area contributed by atoms with E-state index in [2.05, 4.69) is 20.3 Å². The lowest BCUT2D eigenvalue weighted by Crippen LogP contribution is -2.07. The van der Waals surface area contributed by atoms with E-state index in [1.54, 1.807) is 7.11 Å². The van der Waals surface area contributed by atoms with Crippen LogP contribution in [0, 0.1) is 0 Å². The lowest BCUT2D eigenvalue weighted by Gasteiger charge is -2.07. The number of hydrogen-bond acceptors (Lipinski definition) is 6. The van der Waals surface area contributed by atoms with E-state index in [0.29, 0.717) is 35.4 Å². The third-order valence-corrected chi connectivity index (χ3v) is 4.12. The molecular weight excluding hydrogens is 340 g/mol. The van der Waals surface area contributed by atoms with Gasteiger partial charge in [0.2, 0.25) is 17.1 Å². The van der Waals surface area contributed by atoms with E-state index in [4.69, 9.17) is 9.15 Å². The number of anilines is 1. The molecule has 0 atom stereocenters. The van der Waals surface area contributed by atoms with Crippen molar-refractivity contribution in [3.05, 3.63) is 60.7 Å². The average molecular weight is 360 g/mol. The molecule has 27 heavy (non-hydrogen) atoms. The Morgan fingerprint density at radius 3 is 2.30 bits per heavy atom. The first kappa shape index (κ1) is 17.2. The molecule has 0 fully saturated rings. The van der Waals surface area contributed by atoms with Gasteiger partial charge in [0.25, 0.3) is 0 Å². The third kappa shape index (κ3) is 3.80. The second-order valence-corrected chi connectivity index (χ2v) is 6.07. The number of oxazole rings is 1. The first-order chi connectivity index (χ1) is 13.3. The topological polar surface area (TPSA) is 73.1 Å². The molecule has 1 N–H and O–H groups in total. The van der Waals surface area contributed by atoms with Crippen molar-refractivity contribution in [2.75, 3.05) is 25.6 Å². The highest BCUT2D eigenvalue weighted by atomic mass is 16.5. The van der Waals surface area contributed by atoms with E-state index in [0.717, 1.165) is 24.1 Å². The standard InChI is InChI=1S/C21H20N4O2/c1-26-14-8-13-22-19-17-20(24-18(23-19)15-9-4-2-5-10-15)25-21(27-17)16-11-6-3-7-12-16/h2-7,9-12H,8,13-14H2,1H3,(H,22,23,24). The van der Waals surface area contributed by atoms with Gasteiger partial charge in [0.05, 0.1) is 0 Å². The zero-order valence-corrected chi connectivity index (χ0v) is 15.1. The monoisotopic (exact) mass is 360 g/mol. The molecule has 0 aliphatic carbocycles. The molecule has 4 rings (SSSR count). The Labute approximate surface area is 157 Å². The number of ether oxygens (including phenoxy) is 1. The van der Waals surface area contributed by atoms with Gasteiger partial charge in [-0.3, -0.25) is 0 Å². The maximum absolute atomic E-state index is 6.00. The second kappa shape index (κ2) is 7.97. The fourth-order valence-electron chi connectivity index (χ4n) is 2.79. The molecule has 0 aliphatic heterocycles. The summed E-state index contributed by atoms with van der Waals surface area (Å²) in [6, 6.07) is 19.6. The van der Waals surface area contributed by atoms with Crippen LogP contribution in [-0.4, -0.2) is 35.2 Å². The van der Waals surface area contributed by atoms with Gasteiger partial charge >= 0.3 is 0 Å². The number of nitrogens with zero attached hydrogens (tertiary/aromatic N) is 3. The van der Waals surface area contributed by atoms with Crippen molar-refractivity contribution in [2.24, 2.45) is 0 Å². The van der Waals surface area contributed by atoms with Crippen molar-refractivity contribution in [3.63, 3.8) is 0 Å². The maximum atomic E-state index is 6.00. The Kier molecular flexibility index (Phi) is 5.07. The Morgan fingerprint density at radius 1 is 0.889 bits per heavy atom. The molecule has 0 spiro atoms. The quantitative estimate of drug-likeness (QED) is 0.493. The van der Waals surface area contributed by atoms with Gasteiger partial charge in [0.1, 0.15) is 0 Å². The lowest BCUT2D eigenvalue weighted by molar-refractivity contribution is 0.198. The molecule has 2 aromatic carbocycles. The SMILES string of the molecule is COCCCNc1nc(-c2ccccc2)nc2nc(-c3ccccc3)oc12. The highest BCUT2D eigenvalue weighted by molar-refractivity contribution is 5.84. The van der Waals surface area contributed by atoms with Crippen LogP contribution in [0.15, 0.2) is 65.1 Å². The molecule has 0 bridgehead atoms. The fraction of sp³-hybridized carbons (Fsp3) is 0.190. The van der Waals surface area contributed by atoms with Crippen molar-refractivity contribution < 1.29 is 9.15 Å². The largest absolute Gasteiger partial charge is 0.430 e. The van der Waals surface area contributed by atoms with Crippen molar-refractivity contribution in [1.82, 2.24) is 15.0 Å². The number of methoxy groups -OCH3 is 1. The van der Waals surface area contributed by atoms with Crippen molar-refractivity contribution in [2.45, 2.75) is 6.42 Å². The molecule has 2 aromatic heterocycles. The molecule has 0 saturated carbocycles. The fourth-order valence-corrected chi connectivity index (χ4v) is 2.79. The van der Waals surface area contributed by atoms with Gasteiger partial charge < -0.3 is 14.5 Å². The summed E-state index contributed by atoms with van der Waals surface area (Å²) >= 11 is 0. The number of hydrogen-bond donors (Lipinski definition) is 1. The highest BCUT2D eigenvalue weighted by Crippen LogP contribution is 2.29. The molecule has 136 valence electrons. The molecule has 2 heterocycles. The molecule has 0 saturated heterocycles. The summed E-state index contributed by atoms with van der Waals surface area (Å²) in [5, 5.41) is 3.33. The molecule has 0 unspecified atom stereocenters. The molecule has 4 aromatic rings. The summed E-state index contributed by atoms with van der Waals surface area (Å²) in [5.74, 6) is 1.79. The molecule has 0 amide bonds. The van der Waals surface area contributed by atoms with Crippen LogP contribution >= 0.6 is 0 Å². The van der Waals surface area contributed by atoms with Gasteiger partial charge in [0, 0.05) is 31.4 Å². The van der Waals surface area contributed by atoms with Crippen LogP contribution in [0.3, 0.4) is 0 Å². The van der Waals surface area contributed by atoms with Crippen LogP contribution in [-0.2, 0) is 4.74 Å². The Balaban J connectivity index is 1.77. The summed E-state index contributed by atoms with van der Waals surface area (Å²) < 4.78 is 11.1. The van der Waals surface area contributed by atoms with Crippen LogP contribution in [0.1, 0.15) is 6.42 Å². The van der Waals surface area contributed by atoms with Gasteiger partial charge in [0.15, 0.2) is 11.6 Å². The smallest absolute Gasteiger partial charge is 0.229 e. The number of nitrogens with one attached hydrogen (secondary N) is 1.